The maximum Gasteiger partial charge on any atom is 0.303 e. The van der Waals surface area contributed by atoms with Crippen LogP contribution in [0.25, 0.3) is 0 Å². The number of hydrogen-bond acceptors (Lipinski definition) is 1. The first kappa shape index (κ1) is 27.0. The zero-order valence-electron chi connectivity index (χ0n) is 19.0. The molecule has 0 saturated heterocycles. The molecule has 0 heterocycles. The van der Waals surface area contributed by atoms with E-state index >= 15 is 0 Å². The van der Waals surface area contributed by atoms with E-state index in [0.717, 1.165) is 31.6 Å². The van der Waals surface area contributed by atoms with Gasteiger partial charge in [-0.25, -0.2) is 0 Å². The van der Waals surface area contributed by atoms with Crippen LogP contribution in [0.2, 0.25) is 0 Å². The molecule has 0 aliphatic carbocycles. The Kier molecular flexibility index (Phi) is 21.4. The summed E-state index contributed by atoms with van der Waals surface area (Å²) < 4.78 is 0. The fraction of sp³-hybridized carbons (Fsp3) is 0.808. The van der Waals surface area contributed by atoms with Crippen LogP contribution < -0.4 is 0 Å². The Labute approximate surface area is 175 Å². The van der Waals surface area contributed by atoms with E-state index < -0.39 is 5.97 Å². The lowest BCUT2D eigenvalue weighted by molar-refractivity contribution is -0.137. The molecular formula is C26H48O2. The van der Waals surface area contributed by atoms with Crippen LogP contribution in [0, 0.1) is 5.92 Å². The van der Waals surface area contributed by atoms with Crippen molar-refractivity contribution in [3.63, 3.8) is 0 Å². The average Bonchev–Trinajstić information content (AvgIpc) is 2.65. The monoisotopic (exact) mass is 392 g/mol. The first-order valence-corrected chi connectivity index (χ1v) is 12.1. The van der Waals surface area contributed by atoms with E-state index in [2.05, 4.69) is 38.2 Å². The molecule has 0 saturated carbocycles. The van der Waals surface area contributed by atoms with Gasteiger partial charge in [-0.1, -0.05) is 109 Å². The number of rotatable bonds is 21. The lowest BCUT2D eigenvalue weighted by Crippen LogP contribution is -1.92. The lowest BCUT2D eigenvalue weighted by atomic mass is 10.0. The highest BCUT2D eigenvalue weighted by molar-refractivity contribution is 5.66. The van der Waals surface area contributed by atoms with Crippen molar-refractivity contribution in [2.45, 2.75) is 129 Å². The van der Waals surface area contributed by atoms with Crippen LogP contribution in [-0.4, -0.2) is 11.1 Å². The van der Waals surface area contributed by atoms with E-state index in [4.69, 9.17) is 5.11 Å². The molecule has 0 fully saturated rings. The maximum absolute atomic E-state index is 10.4. The molecule has 164 valence electrons. The van der Waals surface area contributed by atoms with Gasteiger partial charge in [0.25, 0.3) is 0 Å². The van der Waals surface area contributed by atoms with Crippen LogP contribution in [0.5, 0.6) is 0 Å². The third-order valence-corrected chi connectivity index (χ3v) is 5.25. The highest BCUT2D eigenvalue weighted by Crippen LogP contribution is 2.14. The van der Waals surface area contributed by atoms with Crippen molar-refractivity contribution in [3.8, 4) is 0 Å². The highest BCUT2D eigenvalue weighted by atomic mass is 16.4. The Morgan fingerprint density at radius 3 is 1.46 bits per heavy atom. The van der Waals surface area contributed by atoms with Crippen LogP contribution in [-0.2, 0) is 4.79 Å². The zero-order valence-corrected chi connectivity index (χ0v) is 19.0. The number of aliphatic carboxylic acids is 1. The third-order valence-electron chi connectivity index (χ3n) is 5.25. The smallest absolute Gasteiger partial charge is 0.303 e. The van der Waals surface area contributed by atoms with Crippen molar-refractivity contribution in [2.24, 2.45) is 5.92 Å². The summed E-state index contributed by atoms with van der Waals surface area (Å²) in [6.07, 6.45) is 31.2. The highest BCUT2D eigenvalue weighted by Gasteiger charge is 1.96. The minimum absolute atomic E-state index is 0.281. The molecule has 0 radical (unpaired) electrons. The first-order chi connectivity index (χ1) is 13.6. The second-order valence-electron chi connectivity index (χ2n) is 8.67. The molecule has 0 bridgehead atoms. The van der Waals surface area contributed by atoms with Gasteiger partial charge in [0, 0.05) is 6.42 Å². The molecule has 2 heteroatoms. The van der Waals surface area contributed by atoms with Crippen molar-refractivity contribution in [1.29, 1.82) is 0 Å². The summed E-state index contributed by atoms with van der Waals surface area (Å²) in [4.78, 5) is 10.4. The summed E-state index contributed by atoms with van der Waals surface area (Å²) in [5.74, 6) is 0.181. The second-order valence-corrected chi connectivity index (χ2v) is 8.67. The van der Waals surface area contributed by atoms with Crippen molar-refractivity contribution in [2.75, 3.05) is 0 Å². The van der Waals surface area contributed by atoms with E-state index in [1.165, 1.54) is 83.5 Å². The van der Waals surface area contributed by atoms with E-state index in [1.807, 2.05) is 0 Å². The van der Waals surface area contributed by atoms with Gasteiger partial charge in [0.05, 0.1) is 0 Å². The number of carbonyl (C=O) groups is 1. The number of unbranched alkanes of at least 4 members (excludes halogenated alkanes) is 13. The van der Waals surface area contributed by atoms with Crippen LogP contribution >= 0.6 is 0 Å². The zero-order chi connectivity index (χ0) is 20.7. The summed E-state index contributed by atoms with van der Waals surface area (Å²) in [5, 5.41) is 8.55. The van der Waals surface area contributed by atoms with E-state index in [-0.39, 0.29) is 6.42 Å². The predicted molar refractivity (Wildman–Crippen MR) is 124 cm³/mol. The second kappa shape index (κ2) is 22.2. The van der Waals surface area contributed by atoms with Gasteiger partial charge >= 0.3 is 5.97 Å². The molecule has 28 heavy (non-hydrogen) atoms. The Hall–Kier alpha value is -1.05. The third kappa shape index (κ3) is 24.9. The topological polar surface area (TPSA) is 37.3 Å². The van der Waals surface area contributed by atoms with Crippen LogP contribution in [0.15, 0.2) is 24.3 Å². The molecular weight excluding hydrogens is 344 g/mol. The van der Waals surface area contributed by atoms with Crippen molar-refractivity contribution < 1.29 is 9.90 Å². The van der Waals surface area contributed by atoms with E-state index in [1.54, 1.807) is 0 Å². The van der Waals surface area contributed by atoms with Crippen LogP contribution in [0.1, 0.15) is 129 Å². The normalized spacial score (nSPS) is 12.0. The minimum Gasteiger partial charge on any atom is -0.481 e. The molecule has 0 spiro atoms. The van der Waals surface area contributed by atoms with Gasteiger partial charge < -0.3 is 5.11 Å². The molecule has 0 aliphatic rings. The van der Waals surface area contributed by atoms with Gasteiger partial charge in [-0.2, -0.15) is 0 Å². The molecule has 0 atom stereocenters. The largest absolute Gasteiger partial charge is 0.481 e. The van der Waals surface area contributed by atoms with Gasteiger partial charge in [0.15, 0.2) is 0 Å². The molecule has 0 rings (SSSR count). The molecule has 0 aromatic carbocycles. The molecule has 0 aromatic rings. The van der Waals surface area contributed by atoms with Crippen molar-refractivity contribution in [1.82, 2.24) is 0 Å². The fourth-order valence-corrected chi connectivity index (χ4v) is 3.44. The fourth-order valence-electron chi connectivity index (χ4n) is 3.44. The molecule has 1 N–H and O–H groups in total. The SMILES string of the molecule is CC(C)CCCCCCCCCCCCCC=CCCC=CCCCC(=O)O. The van der Waals surface area contributed by atoms with Gasteiger partial charge in [-0.15, -0.1) is 0 Å². The minimum atomic E-state index is -0.695. The Bertz CT molecular complexity index is 382. The van der Waals surface area contributed by atoms with Gasteiger partial charge in [0.1, 0.15) is 0 Å². The quantitative estimate of drug-likeness (QED) is 0.156. The van der Waals surface area contributed by atoms with Gasteiger partial charge in [-0.05, 0) is 44.4 Å². The predicted octanol–water partition coefficient (Wildman–Crippen LogP) is 8.86. The number of carboxylic acid groups (broad SMARTS) is 1. The van der Waals surface area contributed by atoms with E-state index in [0.29, 0.717) is 0 Å². The van der Waals surface area contributed by atoms with Crippen LogP contribution in [0.3, 0.4) is 0 Å². The standard InChI is InChI=1S/C26H48O2/c1-25(2)23-21-19-17-15-13-11-9-7-5-3-4-6-8-10-12-14-16-18-20-22-24-26(27)28/h8,10,16,18,25H,3-7,9,11-15,17,19-24H2,1-2H3,(H,27,28). The van der Waals surface area contributed by atoms with Gasteiger partial charge in [0.2, 0.25) is 0 Å². The van der Waals surface area contributed by atoms with Crippen molar-refractivity contribution in [3.05, 3.63) is 24.3 Å². The summed E-state index contributed by atoms with van der Waals surface area (Å²) in [6, 6.07) is 0. The molecule has 0 aromatic heterocycles. The lowest BCUT2D eigenvalue weighted by Gasteiger charge is -2.04. The Morgan fingerprint density at radius 2 is 1.00 bits per heavy atom. The number of carboxylic acids is 1. The summed E-state index contributed by atoms with van der Waals surface area (Å²) in [6.45, 7) is 4.65. The Balaban J connectivity index is 3.15. The molecule has 0 amide bonds. The van der Waals surface area contributed by atoms with Crippen LogP contribution in [0.4, 0.5) is 0 Å². The summed E-state index contributed by atoms with van der Waals surface area (Å²) in [7, 11) is 0. The van der Waals surface area contributed by atoms with E-state index in [9.17, 15) is 4.79 Å². The average molecular weight is 393 g/mol. The summed E-state index contributed by atoms with van der Waals surface area (Å²) in [5.41, 5.74) is 0. The molecule has 2 nitrogen and oxygen atoms in total. The van der Waals surface area contributed by atoms with Gasteiger partial charge in [-0.3, -0.25) is 4.79 Å². The number of allylic oxidation sites excluding steroid dienone is 4. The molecule has 0 unspecified atom stereocenters. The number of hydrogen-bond donors (Lipinski definition) is 1. The van der Waals surface area contributed by atoms with Crippen molar-refractivity contribution >= 4 is 5.97 Å². The summed E-state index contributed by atoms with van der Waals surface area (Å²) >= 11 is 0. The first-order valence-electron chi connectivity index (χ1n) is 12.1. The Morgan fingerprint density at radius 1 is 0.607 bits per heavy atom. The molecule has 0 aliphatic heterocycles. The maximum atomic E-state index is 10.4.